The molecule has 0 radical (unpaired) electrons. The maximum Gasteiger partial charge on any atom is 0.161 e. The molecule has 0 heterocycles. The van der Waals surface area contributed by atoms with Crippen LogP contribution in [0.5, 0.6) is 17.2 Å². The zero-order valence-electron chi connectivity index (χ0n) is 12.5. The molecule has 0 aliphatic heterocycles. The first kappa shape index (κ1) is 15.2. The summed E-state index contributed by atoms with van der Waals surface area (Å²) in [7, 11) is 3.29. The molecule has 2 rings (SSSR count). The number of rotatable bonds is 7. The molecule has 0 aliphatic carbocycles. The summed E-state index contributed by atoms with van der Waals surface area (Å²) in [6, 6.07) is 13.7. The van der Waals surface area contributed by atoms with Crippen LogP contribution in [-0.2, 0) is 13.0 Å². The smallest absolute Gasteiger partial charge is 0.161 e. The van der Waals surface area contributed by atoms with E-state index in [-0.39, 0.29) is 0 Å². The van der Waals surface area contributed by atoms with Gasteiger partial charge in [0, 0.05) is 5.56 Å². The quantitative estimate of drug-likeness (QED) is 0.851. The highest BCUT2D eigenvalue weighted by molar-refractivity contribution is 5.43. The highest BCUT2D eigenvalue weighted by Crippen LogP contribution is 2.30. The first-order chi connectivity index (χ1) is 10.3. The van der Waals surface area contributed by atoms with E-state index in [1.807, 2.05) is 42.5 Å². The molecule has 4 heteroatoms. The molecular weight excluding hydrogens is 266 g/mol. The van der Waals surface area contributed by atoms with Gasteiger partial charge in [0.15, 0.2) is 11.5 Å². The third-order valence-corrected chi connectivity index (χ3v) is 3.24. The van der Waals surface area contributed by atoms with Crippen molar-refractivity contribution in [1.82, 2.24) is 0 Å². The van der Waals surface area contributed by atoms with E-state index < -0.39 is 0 Å². The zero-order valence-corrected chi connectivity index (χ0v) is 12.5. The lowest BCUT2D eigenvalue weighted by Gasteiger charge is -2.13. The molecule has 2 aromatic carbocycles. The fourth-order valence-electron chi connectivity index (χ4n) is 2.13. The summed E-state index contributed by atoms with van der Waals surface area (Å²) >= 11 is 0. The predicted molar refractivity (Wildman–Crippen MR) is 83.1 cm³/mol. The molecule has 0 aliphatic rings. The van der Waals surface area contributed by atoms with Gasteiger partial charge in [-0.05, 0) is 36.7 Å². The summed E-state index contributed by atoms with van der Waals surface area (Å²) in [5, 5.41) is 0. The van der Waals surface area contributed by atoms with E-state index >= 15 is 0 Å². The lowest BCUT2D eigenvalue weighted by molar-refractivity contribution is 0.278. The summed E-state index contributed by atoms with van der Waals surface area (Å²) in [4.78, 5) is 0. The van der Waals surface area contributed by atoms with Gasteiger partial charge in [0.05, 0.1) is 14.2 Å². The summed E-state index contributed by atoms with van der Waals surface area (Å²) in [5.41, 5.74) is 7.70. The van der Waals surface area contributed by atoms with Crippen molar-refractivity contribution in [2.45, 2.75) is 13.0 Å². The largest absolute Gasteiger partial charge is 0.496 e. The summed E-state index contributed by atoms with van der Waals surface area (Å²) in [5.74, 6) is 2.25. The molecule has 21 heavy (non-hydrogen) atoms. The highest BCUT2D eigenvalue weighted by Gasteiger charge is 2.08. The maximum absolute atomic E-state index is 5.85. The molecule has 0 unspecified atom stereocenters. The molecule has 2 aromatic rings. The monoisotopic (exact) mass is 287 g/mol. The van der Waals surface area contributed by atoms with Gasteiger partial charge in [0.1, 0.15) is 12.4 Å². The van der Waals surface area contributed by atoms with Gasteiger partial charge in [-0.2, -0.15) is 0 Å². The molecule has 2 N–H and O–H groups in total. The molecule has 0 amide bonds. The third kappa shape index (κ3) is 3.89. The van der Waals surface area contributed by atoms with E-state index in [2.05, 4.69) is 0 Å². The number of ether oxygens (including phenoxy) is 3. The lowest BCUT2D eigenvalue weighted by atomic mass is 10.1. The Morgan fingerprint density at radius 3 is 2.38 bits per heavy atom. The molecule has 112 valence electrons. The average molecular weight is 287 g/mol. The van der Waals surface area contributed by atoms with Gasteiger partial charge in [0.25, 0.3) is 0 Å². The van der Waals surface area contributed by atoms with Crippen molar-refractivity contribution >= 4 is 0 Å². The number of nitrogens with two attached hydrogens (primary N) is 1. The maximum atomic E-state index is 5.85. The third-order valence-electron chi connectivity index (χ3n) is 3.24. The summed E-state index contributed by atoms with van der Waals surface area (Å²) < 4.78 is 16.5. The summed E-state index contributed by atoms with van der Waals surface area (Å²) in [6.07, 6.45) is 0.823. The van der Waals surface area contributed by atoms with Crippen LogP contribution in [0, 0.1) is 0 Å². The Morgan fingerprint density at radius 2 is 1.67 bits per heavy atom. The number of para-hydroxylation sites is 1. The second-order valence-electron chi connectivity index (χ2n) is 4.62. The van der Waals surface area contributed by atoms with Crippen LogP contribution in [0.4, 0.5) is 0 Å². The van der Waals surface area contributed by atoms with Gasteiger partial charge >= 0.3 is 0 Å². The minimum atomic E-state index is 0.427. The van der Waals surface area contributed by atoms with Crippen LogP contribution >= 0.6 is 0 Å². The van der Waals surface area contributed by atoms with Crippen molar-refractivity contribution in [3.8, 4) is 17.2 Å². The molecule has 0 bridgehead atoms. The molecular formula is C17H21NO3. The number of hydrogen-bond donors (Lipinski definition) is 1. The Hall–Kier alpha value is -2.20. The first-order valence-corrected chi connectivity index (χ1v) is 6.90. The number of benzene rings is 2. The van der Waals surface area contributed by atoms with Crippen molar-refractivity contribution in [2.24, 2.45) is 5.73 Å². The number of methoxy groups -OCH3 is 2. The average Bonchev–Trinajstić information content (AvgIpc) is 2.54. The molecule has 0 atom stereocenters. The topological polar surface area (TPSA) is 53.7 Å². The van der Waals surface area contributed by atoms with Gasteiger partial charge in [0.2, 0.25) is 0 Å². The van der Waals surface area contributed by atoms with Crippen molar-refractivity contribution in [3.63, 3.8) is 0 Å². The van der Waals surface area contributed by atoms with Crippen molar-refractivity contribution in [2.75, 3.05) is 20.8 Å². The lowest BCUT2D eigenvalue weighted by Crippen LogP contribution is -2.04. The molecule has 0 spiro atoms. The van der Waals surface area contributed by atoms with Crippen LogP contribution in [0.15, 0.2) is 42.5 Å². The van der Waals surface area contributed by atoms with Crippen molar-refractivity contribution in [1.29, 1.82) is 0 Å². The van der Waals surface area contributed by atoms with Crippen LogP contribution < -0.4 is 19.9 Å². The van der Waals surface area contributed by atoms with Gasteiger partial charge in [-0.25, -0.2) is 0 Å². The predicted octanol–water partition coefficient (Wildman–Crippen LogP) is 2.78. The van der Waals surface area contributed by atoms with E-state index in [9.17, 15) is 0 Å². The normalized spacial score (nSPS) is 10.2. The van der Waals surface area contributed by atoms with Gasteiger partial charge in [-0.15, -0.1) is 0 Å². The van der Waals surface area contributed by atoms with Gasteiger partial charge in [-0.3, -0.25) is 0 Å². The van der Waals surface area contributed by atoms with Crippen molar-refractivity contribution < 1.29 is 14.2 Å². The zero-order chi connectivity index (χ0) is 15.1. The van der Waals surface area contributed by atoms with Crippen LogP contribution in [0.3, 0.4) is 0 Å². The van der Waals surface area contributed by atoms with Crippen LogP contribution in [0.1, 0.15) is 11.1 Å². The second kappa shape index (κ2) is 7.55. The van der Waals surface area contributed by atoms with E-state index in [1.54, 1.807) is 14.2 Å². The Balaban J connectivity index is 2.12. The molecule has 0 fully saturated rings. The van der Waals surface area contributed by atoms with E-state index in [1.165, 1.54) is 0 Å². The van der Waals surface area contributed by atoms with E-state index in [0.717, 1.165) is 29.0 Å². The molecule has 0 aromatic heterocycles. The fraction of sp³-hybridized carbons (Fsp3) is 0.294. The second-order valence-corrected chi connectivity index (χ2v) is 4.62. The highest BCUT2D eigenvalue weighted by atomic mass is 16.5. The standard InChI is InChI=1S/C17H21NO3/c1-19-15-6-4-3-5-14(15)12-21-16-8-7-13(9-10-18)11-17(16)20-2/h3-8,11H,9-10,12,18H2,1-2H3. The molecule has 0 saturated heterocycles. The minimum Gasteiger partial charge on any atom is -0.496 e. The van der Waals surface area contributed by atoms with Gasteiger partial charge < -0.3 is 19.9 Å². The summed E-state index contributed by atoms with van der Waals surface area (Å²) in [6.45, 7) is 1.04. The van der Waals surface area contributed by atoms with Crippen LogP contribution in [-0.4, -0.2) is 20.8 Å². The Labute approximate surface area is 125 Å². The van der Waals surface area contributed by atoms with Gasteiger partial charge in [-0.1, -0.05) is 24.3 Å². The molecule has 0 saturated carbocycles. The van der Waals surface area contributed by atoms with Crippen molar-refractivity contribution in [3.05, 3.63) is 53.6 Å². The number of hydrogen-bond acceptors (Lipinski definition) is 4. The Kier molecular flexibility index (Phi) is 5.46. The Morgan fingerprint density at radius 1 is 0.905 bits per heavy atom. The SMILES string of the molecule is COc1ccccc1COc1ccc(CCN)cc1OC. The fourth-order valence-corrected chi connectivity index (χ4v) is 2.13. The van der Waals surface area contributed by atoms with E-state index in [4.69, 9.17) is 19.9 Å². The van der Waals surface area contributed by atoms with Crippen LogP contribution in [0.2, 0.25) is 0 Å². The first-order valence-electron chi connectivity index (χ1n) is 6.90. The minimum absolute atomic E-state index is 0.427. The molecule has 4 nitrogen and oxygen atoms in total. The van der Waals surface area contributed by atoms with E-state index in [0.29, 0.717) is 18.9 Å². The Bertz CT molecular complexity index is 584. The van der Waals surface area contributed by atoms with Crippen LogP contribution in [0.25, 0.3) is 0 Å².